The predicted molar refractivity (Wildman–Crippen MR) is 54.1 cm³/mol. The molecule has 0 bridgehead atoms. The van der Waals surface area contributed by atoms with E-state index in [1.807, 2.05) is 12.2 Å². The molecule has 0 fully saturated rings. The first kappa shape index (κ1) is 10.00. The van der Waals surface area contributed by atoms with Crippen LogP contribution < -0.4 is 0 Å². The molecule has 2 heteroatoms. The molecule has 0 saturated heterocycles. The summed E-state index contributed by atoms with van der Waals surface area (Å²) < 4.78 is 0. The highest BCUT2D eigenvalue weighted by Gasteiger charge is 2.06. The highest BCUT2D eigenvalue weighted by atomic mass is 79.9. The van der Waals surface area contributed by atoms with Gasteiger partial charge in [0.25, 0.3) is 0 Å². The summed E-state index contributed by atoms with van der Waals surface area (Å²) in [4.78, 5) is 0. The molecule has 0 atom stereocenters. The lowest BCUT2D eigenvalue weighted by Gasteiger charge is -2.01. The van der Waals surface area contributed by atoms with Crippen molar-refractivity contribution in [3.8, 4) is 11.5 Å². The minimum Gasteiger partial charge on any atom is -0.127 e. The van der Waals surface area contributed by atoms with Gasteiger partial charge in [-0.25, -0.2) is 0 Å². The second kappa shape index (κ2) is 4.76. The van der Waals surface area contributed by atoms with Crippen molar-refractivity contribution >= 4 is 24.0 Å². The smallest absolute Gasteiger partial charge is 0.127 e. The van der Waals surface area contributed by atoms with Crippen LogP contribution in [0.5, 0.6) is 0 Å². The summed E-state index contributed by atoms with van der Waals surface area (Å²) in [6, 6.07) is 0. The molecule has 0 amide bonds. The van der Waals surface area contributed by atoms with E-state index < -0.39 is 8.07 Å². The third-order valence-corrected chi connectivity index (χ3v) is 2.01. The van der Waals surface area contributed by atoms with Crippen LogP contribution in [0.4, 0.5) is 0 Å². The fourth-order valence-corrected chi connectivity index (χ4v) is 1.06. The van der Waals surface area contributed by atoms with Gasteiger partial charge in [-0.05, 0) is 6.08 Å². The maximum Gasteiger partial charge on any atom is 0.129 e. The van der Waals surface area contributed by atoms with Crippen LogP contribution >= 0.6 is 15.9 Å². The molecule has 0 aliphatic heterocycles. The summed E-state index contributed by atoms with van der Waals surface area (Å²) in [5.74, 6) is 3.03. The second-order valence-electron chi connectivity index (χ2n) is 3.08. The van der Waals surface area contributed by atoms with E-state index in [1.54, 1.807) is 0 Å². The van der Waals surface area contributed by atoms with E-state index in [0.29, 0.717) is 0 Å². The molecule has 10 heavy (non-hydrogen) atoms. The van der Waals surface area contributed by atoms with Crippen LogP contribution in [0.2, 0.25) is 19.6 Å². The first-order valence-electron chi connectivity index (χ1n) is 3.30. The number of alkyl halides is 1. The monoisotopic (exact) mass is 216 g/mol. The Kier molecular flexibility index (Phi) is 4.76. The van der Waals surface area contributed by atoms with Crippen LogP contribution in [0.25, 0.3) is 0 Å². The molecule has 0 aliphatic carbocycles. The highest BCUT2D eigenvalue weighted by Crippen LogP contribution is 1.95. The quantitative estimate of drug-likeness (QED) is 0.360. The summed E-state index contributed by atoms with van der Waals surface area (Å²) >= 11 is 3.29. The van der Waals surface area contributed by atoms with E-state index in [2.05, 4.69) is 47.0 Å². The maximum atomic E-state index is 3.29. The van der Waals surface area contributed by atoms with E-state index >= 15 is 0 Å². The molecule has 0 radical (unpaired) electrons. The predicted octanol–water partition coefficient (Wildman–Crippen LogP) is 2.82. The van der Waals surface area contributed by atoms with E-state index in [9.17, 15) is 0 Å². The fourth-order valence-electron chi connectivity index (χ4n) is 0.362. The standard InChI is InChI=1S/C8H13BrSi/c1-10(2,3)8-6-4-5-7-9/h4-5H,7H2,1-3H3. The van der Waals surface area contributed by atoms with Crippen LogP contribution in [-0.2, 0) is 0 Å². The van der Waals surface area contributed by atoms with Crippen molar-refractivity contribution in [1.82, 2.24) is 0 Å². The van der Waals surface area contributed by atoms with Crippen molar-refractivity contribution in [3.63, 3.8) is 0 Å². The zero-order chi connectivity index (χ0) is 8.04. The molecule has 0 saturated carbocycles. The molecule has 0 rings (SSSR count). The van der Waals surface area contributed by atoms with Gasteiger partial charge in [-0.2, -0.15) is 0 Å². The van der Waals surface area contributed by atoms with Gasteiger partial charge in [0, 0.05) is 5.33 Å². The van der Waals surface area contributed by atoms with Gasteiger partial charge in [-0.3, -0.25) is 0 Å². The van der Waals surface area contributed by atoms with Gasteiger partial charge < -0.3 is 0 Å². The van der Waals surface area contributed by atoms with Crippen molar-refractivity contribution < 1.29 is 0 Å². The molecule has 0 heterocycles. The molecular weight excluding hydrogens is 204 g/mol. The molecule has 0 aromatic rings. The topological polar surface area (TPSA) is 0 Å². The Bertz CT molecular complexity index is 166. The van der Waals surface area contributed by atoms with E-state index in [-0.39, 0.29) is 0 Å². The summed E-state index contributed by atoms with van der Waals surface area (Å²) in [5.41, 5.74) is 3.24. The number of hydrogen-bond acceptors (Lipinski definition) is 0. The molecule has 0 aromatic carbocycles. The summed E-state index contributed by atoms with van der Waals surface area (Å²) in [7, 11) is -1.13. The van der Waals surface area contributed by atoms with Crippen LogP contribution in [0.3, 0.4) is 0 Å². The molecule has 0 N–H and O–H groups in total. The minimum absolute atomic E-state index is 0.896. The first-order chi connectivity index (χ1) is 4.56. The van der Waals surface area contributed by atoms with Crippen molar-refractivity contribution in [2.45, 2.75) is 19.6 Å². The molecule has 56 valence electrons. The molecule has 0 unspecified atom stereocenters. The van der Waals surface area contributed by atoms with Crippen LogP contribution in [0.1, 0.15) is 0 Å². The van der Waals surface area contributed by atoms with Gasteiger partial charge in [0.1, 0.15) is 8.07 Å². The number of rotatable bonds is 1. The van der Waals surface area contributed by atoms with Crippen molar-refractivity contribution in [1.29, 1.82) is 0 Å². The average molecular weight is 217 g/mol. The van der Waals surface area contributed by atoms with Crippen molar-refractivity contribution in [2.75, 3.05) is 5.33 Å². The van der Waals surface area contributed by atoms with Gasteiger partial charge in [-0.15, -0.1) is 5.54 Å². The van der Waals surface area contributed by atoms with Crippen LogP contribution in [-0.4, -0.2) is 13.4 Å². The lowest BCUT2D eigenvalue weighted by atomic mass is 10.5. The summed E-state index contributed by atoms with van der Waals surface area (Å²) in [6.45, 7) is 6.71. The second-order valence-corrected chi connectivity index (χ2v) is 8.47. The molecular formula is C8H13BrSi. The number of halogens is 1. The highest BCUT2D eigenvalue weighted by molar-refractivity contribution is 9.09. The molecule has 0 aliphatic rings. The maximum absolute atomic E-state index is 3.29. The molecule has 0 nitrogen and oxygen atoms in total. The normalized spacial score (nSPS) is 11.2. The Morgan fingerprint density at radius 3 is 2.40 bits per heavy atom. The van der Waals surface area contributed by atoms with Crippen LogP contribution in [0.15, 0.2) is 12.2 Å². The van der Waals surface area contributed by atoms with Gasteiger partial charge in [-0.1, -0.05) is 47.6 Å². The number of hydrogen-bond donors (Lipinski definition) is 0. The first-order valence-corrected chi connectivity index (χ1v) is 7.92. The SMILES string of the molecule is C[Si](C)(C)C#CC=CCBr. The van der Waals surface area contributed by atoms with Gasteiger partial charge in [0.05, 0.1) is 0 Å². The van der Waals surface area contributed by atoms with Gasteiger partial charge in [0.2, 0.25) is 0 Å². The van der Waals surface area contributed by atoms with E-state index in [1.165, 1.54) is 0 Å². The van der Waals surface area contributed by atoms with Crippen LogP contribution in [0, 0.1) is 11.5 Å². The Morgan fingerprint density at radius 1 is 1.40 bits per heavy atom. The Labute approximate surface area is 72.9 Å². The van der Waals surface area contributed by atoms with Gasteiger partial charge >= 0.3 is 0 Å². The Morgan fingerprint density at radius 2 is 2.00 bits per heavy atom. The lowest BCUT2D eigenvalue weighted by Crippen LogP contribution is -2.16. The summed E-state index contributed by atoms with van der Waals surface area (Å²) in [6.07, 6.45) is 3.92. The van der Waals surface area contributed by atoms with Crippen molar-refractivity contribution in [2.24, 2.45) is 0 Å². The lowest BCUT2D eigenvalue weighted by molar-refractivity contribution is 1.80. The zero-order valence-electron chi connectivity index (χ0n) is 6.74. The Balaban J connectivity index is 3.81. The zero-order valence-corrected chi connectivity index (χ0v) is 9.33. The third kappa shape index (κ3) is 8.00. The minimum atomic E-state index is -1.13. The van der Waals surface area contributed by atoms with Gasteiger partial charge in [0.15, 0.2) is 0 Å². The van der Waals surface area contributed by atoms with E-state index in [4.69, 9.17) is 0 Å². The average Bonchev–Trinajstić information content (AvgIpc) is 1.78. The summed E-state index contributed by atoms with van der Waals surface area (Å²) in [5, 5.41) is 0.896. The number of allylic oxidation sites excluding steroid dienone is 2. The third-order valence-electron chi connectivity index (χ3n) is 0.737. The molecule has 0 aromatic heterocycles. The van der Waals surface area contributed by atoms with E-state index in [0.717, 1.165) is 5.33 Å². The fraction of sp³-hybridized carbons (Fsp3) is 0.500. The van der Waals surface area contributed by atoms with Crippen molar-refractivity contribution in [3.05, 3.63) is 12.2 Å². The Hall–Kier alpha value is -0.00312. The largest absolute Gasteiger partial charge is 0.129 e. The molecule has 0 spiro atoms.